The topological polar surface area (TPSA) is 48.9 Å². The molecule has 2 N–H and O–H groups in total. The van der Waals surface area contributed by atoms with Crippen LogP contribution in [0.5, 0.6) is 0 Å². The molecule has 0 aromatic heterocycles. The molecular weight excluding hydrogens is 427 g/mol. The third kappa shape index (κ3) is 5.45. The fourth-order valence-electron chi connectivity index (χ4n) is 4.51. The Kier molecular flexibility index (Phi) is 8.27. The average Bonchev–Trinajstić information content (AvgIpc) is 3.18. The molecule has 0 saturated carbocycles. The Hall–Kier alpha value is -0.0800. The van der Waals surface area contributed by atoms with E-state index >= 15 is 0 Å². The second-order valence-electron chi connectivity index (χ2n) is 8.34. The Morgan fingerprint density at radius 2 is 1.92 bits per heavy atom. The van der Waals surface area contributed by atoms with E-state index in [9.17, 15) is 0 Å². The maximum atomic E-state index is 5.95. The largest absolute Gasteiger partial charge is 0.373 e. The average molecular weight is 464 g/mol. The van der Waals surface area contributed by atoms with Gasteiger partial charge in [0.1, 0.15) is 0 Å². The molecule has 3 aliphatic rings. The molecule has 3 fully saturated rings. The van der Waals surface area contributed by atoms with Gasteiger partial charge in [-0.1, -0.05) is 20.8 Å². The van der Waals surface area contributed by atoms with Crippen LogP contribution in [-0.4, -0.2) is 61.8 Å². The van der Waals surface area contributed by atoms with Gasteiger partial charge in [-0.2, -0.15) is 0 Å². The van der Waals surface area contributed by atoms with Gasteiger partial charge in [-0.3, -0.25) is 9.89 Å². The summed E-state index contributed by atoms with van der Waals surface area (Å²) < 4.78 is 5.95. The molecule has 0 radical (unpaired) electrons. The summed E-state index contributed by atoms with van der Waals surface area (Å²) in [6, 6.07) is 1.01. The molecule has 3 heterocycles. The van der Waals surface area contributed by atoms with Crippen LogP contribution in [0.3, 0.4) is 0 Å². The second kappa shape index (κ2) is 9.74. The Labute approximate surface area is 170 Å². The molecule has 0 aromatic carbocycles. The molecule has 146 valence electrons. The highest BCUT2D eigenvalue weighted by Gasteiger charge is 2.41. The zero-order valence-corrected chi connectivity index (χ0v) is 18.7. The molecule has 6 heteroatoms. The van der Waals surface area contributed by atoms with Gasteiger partial charge in [0.15, 0.2) is 5.96 Å². The van der Waals surface area contributed by atoms with Gasteiger partial charge >= 0.3 is 0 Å². The first-order valence-corrected chi connectivity index (χ1v) is 9.93. The van der Waals surface area contributed by atoms with Gasteiger partial charge in [0.25, 0.3) is 0 Å². The molecule has 3 saturated heterocycles. The fourth-order valence-corrected chi connectivity index (χ4v) is 4.51. The van der Waals surface area contributed by atoms with Crippen LogP contribution in [0.25, 0.3) is 0 Å². The van der Waals surface area contributed by atoms with E-state index in [0.29, 0.717) is 30.2 Å². The normalized spacial score (nSPS) is 31.9. The molecule has 3 aliphatic heterocycles. The monoisotopic (exact) mass is 464 g/mol. The number of fused-ring (bicyclic) bond motifs is 2. The number of guanidine groups is 1. The summed E-state index contributed by atoms with van der Waals surface area (Å²) in [5.41, 5.74) is 0. The zero-order valence-electron chi connectivity index (χ0n) is 16.3. The first kappa shape index (κ1) is 21.2. The van der Waals surface area contributed by atoms with Crippen molar-refractivity contribution >= 4 is 29.9 Å². The van der Waals surface area contributed by atoms with Crippen molar-refractivity contribution in [3.63, 3.8) is 0 Å². The maximum absolute atomic E-state index is 5.95. The van der Waals surface area contributed by atoms with Gasteiger partial charge in [-0.15, -0.1) is 24.0 Å². The molecule has 4 atom stereocenters. The first-order chi connectivity index (χ1) is 11.6. The van der Waals surface area contributed by atoms with Gasteiger partial charge in [-0.05, 0) is 57.0 Å². The van der Waals surface area contributed by atoms with Crippen molar-refractivity contribution in [1.29, 1.82) is 0 Å². The summed E-state index contributed by atoms with van der Waals surface area (Å²) in [6.45, 7) is 10.5. The highest BCUT2D eigenvalue weighted by molar-refractivity contribution is 14.0. The summed E-state index contributed by atoms with van der Waals surface area (Å²) in [4.78, 5) is 7.12. The Balaban J connectivity index is 0.00000225. The van der Waals surface area contributed by atoms with E-state index in [0.717, 1.165) is 24.8 Å². The lowest BCUT2D eigenvalue weighted by molar-refractivity contribution is 0.0989. The smallest absolute Gasteiger partial charge is 0.191 e. The van der Waals surface area contributed by atoms with Crippen molar-refractivity contribution in [1.82, 2.24) is 15.5 Å². The SMILES string of the molecule is CN=C(NCC(C(C)C)N1CCC(C)CC1)NC1CC2CCC1O2.I. The highest BCUT2D eigenvalue weighted by Crippen LogP contribution is 2.34. The van der Waals surface area contributed by atoms with Gasteiger partial charge in [-0.25, -0.2) is 0 Å². The van der Waals surface area contributed by atoms with E-state index in [4.69, 9.17) is 4.74 Å². The minimum absolute atomic E-state index is 0. The number of ether oxygens (including phenoxy) is 1. The van der Waals surface area contributed by atoms with Gasteiger partial charge in [0.05, 0.1) is 18.2 Å². The molecule has 0 aromatic rings. The number of likely N-dealkylation sites (tertiary alicyclic amines) is 1. The Bertz CT molecular complexity index is 437. The summed E-state index contributed by atoms with van der Waals surface area (Å²) in [6.07, 6.45) is 7.08. The number of piperidine rings is 1. The number of hydrogen-bond acceptors (Lipinski definition) is 3. The van der Waals surface area contributed by atoms with Crippen molar-refractivity contribution in [3.8, 4) is 0 Å². The fraction of sp³-hybridized carbons (Fsp3) is 0.947. The number of nitrogens with one attached hydrogen (secondary N) is 2. The lowest BCUT2D eigenvalue weighted by Crippen LogP contribution is -2.53. The van der Waals surface area contributed by atoms with Crippen molar-refractivity contribution < 1.29 is 4.74 Å². The van der Waals surface area contributed by atoms with E-state index in [-0.39, 0.29) is 24.0 Å². The predicted molar refractivity (Wildman–Crippen MR) is 115 cm³/mol. The maximum Gasteiger partial charge on any atom is 0.191 e. The van der Waals surface area contributed by atoms with Crippen LogP contribution in [0, 0.1) is 11.8 Å². The van der Waals surface area contributed by atoms with Crippen LogP contribution in [0.4, 0.5) is 0 Å². The zero-order chi connectivity index (χ0) is 17.1. The first-order valence-electron chi connectivity index (χ1n) is 9.93. The molecule has 3 rings (SSSR count). The molecule has 5 nitrogen and oxygen atoms in total. The third-order valence-corrected chi connectivity index (χ3v) is 6.19. The Morgan fingerprint density at radius 3 is 2.44 bits per heavy atom. The predicted octanol–water partition coefficient (Wildman–Crippen LogP) is 2.85. The van der Waals surface area contributed by atoms with Crippen LogP contribution in [0.2, 0.25) is 0 Å². The standard InChI is InChI=1S/C19H36N4O.HI/c1-13(2)17(23-9-7-14(3)8-10-23)12-21-19(20-4)22-16-11-15-5-6-18(16)24-15;/h13-18H,5-12H2,1-4H3,(H2,20,21,22);1H. The summed E-state index contributed by atoms with van der Waals surface area (Å²) >= 11 is 0. The summed E-state index contributed by atoms with van der Waals surface area (Å²) in [5.74, 6) is 2.47. The third-order valence-electron chi connectivity index (χ3n) is 6.19. The van der Waals surface area contributed by atoms with Crippen LogP contribution < -0.4 is 10.6 Å². The van der Waals surface area contributed by atoms with Gasteiger partial charge in [0.2, 0.25) is 0 Å². The van der Waals surface area contributed by atoms with E-state index in [1.807, 2.05) is 7.05 Å². The number of nitrogens with zero attached hydrogens (tertiary/aromatic N) is 2. The second-order valence-corrected chi connectivity index (χ2v) is 8.34. The lowest BCUT2D eigenvalue weighted by atomic mass is 9.94. The molecule has 0 aliphatic carbocycles. The molecule has 2 bridgehead atoms. The van der Waals surface area contributed by atoms with Crippen molar-refractivity contribution in [3.05, 3.63) is 0 Å². The quantitative estimate of drug-likeness (QED) is 0.373. The van der Waals surface area contributed by atoms with Gasteiger partial charge < -0.3 is 15.4 Å². The van der Waals surface area contributed by atoms with E-state index < -0.39 is 0 Å². The molecule has 4 unspecified atom stereocenters. The van der Waals surface area contributed by atoms with E-state index in [1.165, 1.54) is 38.8 Å². The summed E-state index contributed by atoms with van der Waals surface area (Å²) in [7, 11) is 1.87. The van der Waals surface area contributed by atoms with Crippen molar-refractivity contribution in [2.75, 3.05) is 26.7 Å². The molecule has 0 amide bonds. The van der Waals surface area contributed by atoms with Crippen LogP contribution in [-0.2, 0) is 4.74 Å². The number of rotatable bonds is 5. The van der Waals surface area contributed by atoms with Gasteiger partial charge in [0, 0.05) is 19.6 Å². The molecule has 0 spiro atoms. The van der Waals surface area contributed by atoms with E-state index in [2.05, 4.69) is 41.3 Å². The van der Waals surface area contributed by atoms with Crippen molar-refractivity contribution in [2.24, 2.45) is 16.8 Å². The van der Waals surface area contributed by atoms with E-state index in [1.54, 1.807) is 0 Å². The van der Waals surface area contributed by atoms with Crippen molar-refractivity contribution in [2.45, 2.75) is 77.2 Å². The number of halogens is 1. The Morgan fingerprint density at radius 1 is 1.20 bits per heavy atom. The minimum atomic E-state index is 0. The molecular formula is C19H37IN4O. The van der Waals surface area contributed by atoms with Crippen LogP contribution in [0.15, 0.2) is 4.99 Å². The minimum Gasteiger partial charge on any atom is -0.373 e. The van der Waals surface area contributed by atoms with Crippen LogP contribution >= 0.6 is 24.0 Å². The number of aliphatic imine (C=N–C) groups is 1. The highest BCUT2D eigenvalue weighted by atomic mass is 127. The number of hydrogen-bond donors (Lipinski definition) is 2. The molecule has 25 heavy (non-hydrogen) atoms. The summed E-state index contributed by atoms with van der Waals surface area (Å²) in [5, 5.41) is 7.18. The lowest BCUT2D eigenvalue weighted by Gasteiger charge is -2.39. The van der Waals surface area contributed by atoms with Crippen LogP contribution in [0.1, 0.15) is 52.9 Å².